The van der Waals surface area contributed by atoms with Crippen molar-refractivity contribution in [1.29, 1.82) is 0 Å². The lowest BCUT2D eigenvalue weighted by Gasteiger charge is -2.64. The first-order valence-electron chi connectivity index (χ1n) is 8.55. The summed E-state index contributed by atoms with van der Waals surface area (Å²) in [6, 6.07) is 0. The van der Waals surface area contributed by atoms with E-state index in [0.29, 0.717) is 12.3 Å². The van der Waals surface area contributed by atoms with Gasteiger partial charge < -0.3 is 10.4 Å². The van der Waals surface area contributed by atoms with Gasteiger partial charge in [0.2, 0.25) is 15.9 Å². The Morgan fingerprint density at radius 3 is 2.52 bits per heavy atom. The third-order valence-electron chi connectivity index (χ3n) is 6.16. The van der Waals surface area contributed by atoms with E-state index in [0.717, 1.165) is 44.8 Å². The zero-order chi connectivity index (χ0) is 16.9. The monoisotopic (exact) mass is 344 g/mol. The molecule has 0 aliphatic heterocycles. The number of carbonyl (C=O) groups is 1. The van der Waals surface area contributed by atoms with Crippen LogP contribution in [-0.2, 0) is 14.8 Å². The average Bonchev–Trinajstić information content (AvgIpc) is 2.39. The summed E-state index contributed by atoms with van der Waals surface area (Å²) in [6.07, 6.45) is 7.20. The van der Waals surface area contributed by atoms with Crippen molar-refractivity contribution in [2.24, 2.45) is 16.7 Å². The molecule has 6 nitrogen and oxygen atoms in total. The second-order valence-corrected chi connectivity index (χ2v) is 10.1. The molecule has 4 fully saturated rings. The molecule has 0 aromatic rings. The Kier molecular flexibility index (Phi) is 4.05. The Bertz CT molecular complexity index is 607. The van der Waals surface area contributed by atoms with E-state index in [4.69, 9.17) is 0 Å². The Morgan fingerprint density at radius 1 is 1.17 bits per heavy atom. The van der Waals surface area contributed by atoms with E-state index in [1.165, 1.54) is 0 Å². The summed E-state index contributed by atoms with van der Waals surface area (Å²) in [4.78, 5) is 12.8. The SMILES string of the molecule is CCC12CC3CC(O)(C1)CC(C(=O)NCCNS(C)(=O)=O)(C3)C2. The smallest absolute Gasteiger partial charge is 0.226 e. The zero-order valence-electron chi connectivity index (χ0n) is 14.0. The molecule has 4 unspecified atom stereocenters. The quantitative estimate of drug-likeness (QED) is 0.620. The molecule has 0 heterocycles. The summed E-state index contributed by atoms with van der Waals surface area (Å²) in [6.45, 7) is 2.65. The van der Waals surface area contributed by atoms with Crippen LogP contribution in [0.2, 0.25) is 0 Å². The van der Waals surface area contributed by atoms with Crippen LogP contribution >= 0.6 is 0 Å². The van der Waals surface area contributed by atoms with E-state index in [-0.39, 0.29) is 24.4 Å². The summed E-state index contributed by atoms with van der Waals surface area (Å²) in [5, 5.41) is 13.8. The van der Waals surface area contributed by atoms with Gasteiger partial charge in [0.25, 0.3) is 0 Å². The predicted octanol–water partition coefficient (Wildman–Crippen LogP) is 0.763. The van der Waals surface area contributed by atoms with Gasteiger partial charge in [-0.25, -0.2) is 13.1 Å². The van der Waals surface area contributed by atoms with E-state index < -0.39 is 21.0 Å². The molecule has 3 N–H and O–H groups in total. The largest absolute Gasteiger partial charge is 0.390 e. The van der Waals surface area contributed by atoms with Gasteiger partial charge in [-0.3, -0.25) is 4.79 Å². The fourth-order valence-electron chi connectivity index (χ4n) is 5.83. The first kappa shape index (κ1) is 17.2. The normalized spacial score (nSPS) is 42.0. The molecule has 23 heavy (non-hydrogen) atoms. The minimum atomic E-state index is -3.23. The second kappa shape index (κ2) is 5.43. The van der Waals surface area contributed by atoms with Crippen molar-refractivity contribution in [1.82, 2.24) is 10.0 Å². The van der Waals surface area contributed by atoms with E-state index in [1.54, 1.807) is 0 Å². The molecule has 4 atom stereocenters. The maximum atomic E-state index is 12.8. The fraction of sp³-hybridized carbons (Fsp3) is 0.938. The molecule has 4 aliphatic rings. The first-order valence-corrected chi connectivity index (χ1v) is 10.4. The minimum absolute atomic E-state index is 0.00634. The van der Waals surface area contributed by atoms with Gasteiger partial charge in [-0.1, -0.05) is 13.3 Å². The van der Waals surface area contributed by atoms with Crippen molar-refractivity contribution in [3.8, 4) is 0 Å². The van der Waals surface area contributed by atoms with Crippen LogP contribution in [0, 0.1) is 16.7 Å². The van der Waals surface area contributed by atoms with Gasteiger partial charge in [0.1, 0.15) is 0 Å². The molecule has 1 amide bonds. The molecule has 0 spiro atoms. The maximum absolute atomic E-state index is 12.8. The minimum Gasteiger partial charge on any atom is -0.390 e. The summed E-state index contributed by atoms with van der Waals surface area (Å²) in [7, 11) is -3.23. The highest BCUT2D eigenvalue weighted by atomic mass is 32.2. The number of rotatable bonds is 6. The number of sulfonamides is 1. The molecule has 4 rings (SSSR count). The van der Waals surface area contributed by atoms with Crippen molar-refractivity contribution in [2.45, 2.75) is 57.5 Å². The third kappa shape index (κ3) is 3.28. The van der Waals surface area contributed by atoms with Crippen LogP contribution in [0.25, 0.3) is 0 Å². The van der Waals surface area contributed by atoms with Gasteiger partial charge in [0, 0.05) is 13.1 Å². The lowest BCUT2D eigenvalue weighted by molar-refractivity contribution is -0.204. The highest BCUT2D eigenvalue weighted by molar-refractivity contribution is 7.88. The van der Waals surface area contributed by atoms with Crippen molar-refractivity contribution >= 4 is 15.9 Å². The lowest BCUT2D eigenvalue weighted by atomic mass is 9.42. The van der Waals surface area contributed by atoms with Crippen LogP contribution in [-0.4, -0.2) is 44.4 Å². The molecule has 0 radical (unpaired) electrons. The standard InChI is InChI=1S/C16H28N2O4S/c1-3-14-6-12-7-15(9-14,11-16(20,8-12)10-14)13(19)17-4-5-18-23(2,21)22/h12,18,20H,3-11H2,1-2H3,(H,17,19). The average molecular weight is 344 g/mol. The Balaban J connectivity index is 1.68. The number of hydrogen-bond donors (Lipinski definition) is 3. The molecule has 4 saturated carbocycles. The summed E-state index contributed by atoms with van der Waals surface area (Å²) >= 11 is 0. The van der Waals surface area contributed by atoms with E-state index in [9.17, 15) is 18.3 Å². The van der Waals surface area contributed by atoms with Crippen molar-refractivity contribution in [3.05, 3.63) is 0 Å². The molecule has 4 bridgehead atoms. The topological polar surface area (TPSA) is 95.5 Å². The molecule has 0 aromatic heterocycles. The van der Waals surface area contributed by atoms with Crippen molar-refractivity contribution < 1.29 is 18.3 Å². The number of carbonyl (C=O) groups excluding carboxylic acids is 1. The van der Waals surface area contributed by atoms with Gasteiger partial charge in [0.15, 0.2) is 0 Å². The number of hydrogen-bond acceptors (Lipinski definition) is 4. The molecule has 0 saturated heterocycles. The Labute approximate surface area is 138 Å². The molecule has 132 valence electrons. The molecule has 0 aromatic carbocycles. The summed E-state index contributed by atoms with van der Waals surface area (Å²) < 4.78 is 24.5. The van der Waals surface area contributed by atoms with Crippen molar-refractivity contribution in [3.63, 3.8) is 0 Å². The summed E-state index contributed by atoms with van der Waals surface area (Å²) in [5.74, 6) is 0.434. The van der Waals surface area contributed by atoms with Gasteiger partial charge in [-0.05, 0) is 49.9 Å². The van der Waals surface area contributed by atoms with Crippen LogP contribution in [0.1, 0.15) is 51.9 Å². The van der Waals surface area contributed by atoms with E-state index in [2.05, 4.69) is 17.0 Å². The third-order valence-corrected chi connectivity index (χ3v) is 6.89. The van der Waals surface area contributed by atoms with Gasteiger partial charge >= 0.3 is 0 Å². The fourth-order valence-corrected chi connectivity index (χ4v) is 6.31. The van der Waals surface area contributed by atoms with Crippen LogP contribution in [0.3, 0.4) is 0 Å². The van der Waals surface area contributed by atoms with Crippen LogP contribution < -0.4 is 10.0 Å². The van der Waals surface area contributed by atoms with Gasteiger partial charge in [-0.2, -0.15) is 0 Å². The molecular weight excluding hydrogens is 316 g/mol. The number of aliphatic hydroxyl groups is 1. The molecular formula is C16H28N2O4S. The first-order chi connectivity index (χ1) is 10.6. The Morgan fingerprint density at radius 2 is 1.91 bits per heavy atom. The number of amides is 1. The highest BCUT2D eigenvalue weighted by Gasteiger charge is 2.64. The molecule has 4 aliphatic carbocycles. The number of nitrogens with one attached hydrogen (secondary N) is 2. The van der Waals surface area contributed by atoms with E-state index >= 15 is 0 Å². The van der Waals surface area contributed by atoms with Crippen molar-refractivity contribution in [2.75, 3.05) is 19.3 Å². The van der Waals surface area contributed by atoms with Crippen LogP contribution in [0.5, 0.6) is 0 Å². The second-order valence-electron chi connectivity index (χ2n) is 8.29. The van der Waals surface area contributed by atoms with Crippen LogP contribution in [0.15, 0.2) is 0 Å². The zero-order valence-corrected chi connectivity index (χ0v) is 14.8. The van der Waals surface area contributed by atoms with Crippen LogP contribution in [0.4, 0.5) is 0 Å². The Hall–Kier alpha value is -0.660. The maximum Gasteiger partial charge on any atom is 0.226 e. The van der Waals surface area contributed by atoms with E-state index in [1.807, 2.05) is 0 Å². The molecule has 7 heteroatoms. The summed E-state index contributed by atoms with van der Waals surface area (Å²) in [5.41, 5.74) is -1.04. The van der Waals surface area contributed by atoms with Gasteiger partial charge in [0.05, 0.1) is 17.3 Å². The van der Waals surface area contributed by atoms with Gasteiger partial charge in [-0.15, -0.1) is 0 Å². The predicted molar refractivity (Wildman–Crippen MR) is 87.2 cm³/mol. The lowest BCUT2D eigenvalue weighted by Crippen LogP contribution is -2.64. The highest BCUT2D eigenvalue weighted by Crippen LogP contribution is 2.67.